The first-order chi connectivity index (χ1) is 2.00. The molecule has 0 amide bonds. The van der Waals surface area contributed by atoms with Crippen LogP contribution in [0.25, 0.3) is 0 Å². The topological polar surface area (TPSA) is 126 Å². The van der Waals surface area contributed by atoms with Crippen LogP contribution in [0.5, 0.6) is 0 Å². The zero-order chi connectivity index (χ0) is 4.50. The van der Waals surface area contributed by atoms with Gasteiger partial charge in [0, 0.05) is 0 Å². The van der Waals surface area contributed by atoms with E-state index in [1.807, 2.05) is 0 Å². The Kier molecular flexibility index (Phi) is 42.9. The van der Waals surface area contributed by atoms with Crippen molar-refractivity contribution in [2.45, 2.75) is 0 Å². The van der Waals surface area contributed by atoms with E-state index < -0.39 is 9.05 Å². The van der Waals surface area contributed by atoms with Crippen LogP contribution in [0, 0.1) is 0 Å². The second-order valence-electron chi connectivity index (χ2n) is 0.408. The van der Waals surface area contributed by atoms with Gasteiger partial charge in [-0.3, -0.25) is 4.21 Å². The van der Waals surface area contributed by atoms with Gasteiger partial charge in [0.1, 0.15) is 0 Å². The summed E-state index contributed by atoms with van der Waals surface area (Å²) in [5.74, 6) is 0. The van der Waals surface area contributed by atoms with E-state index in [2.05, 4.69) is 11.2 Å². The normalized spacial score (nSPS) is 6.44. The first-order valence-electron chi connectivity index (χ1n) is 0.667. The van der Waals surface area contributed by atoms with Crippen LogP contribution < -0.4 is 29.6 Å². The quantitative estimate of drug-likeness (QED) is 0.395. The summed E-state index contributed by atoms with van der Waals surface area (Å²) in [6.45, 7) is 0. The summed E-state index contributed by atoms with van der Waals surface area (Å²) in [6, 6.07) is 0. The SMILES string of the molecule is O.O.O=S([O-])([O-])=S.[Au+].[Na+]. The standard InChI is InChI=1S/Au.Na.H2O3S2.2H2O/c;;1-5(2,3)4;;/h;;(H2,1,2,3,4);2*1H2/q2*+1;;;/p-2. The molecule has 0 aliphatic heterocycles. The van der Waals surface area contributed by atoms with Crippen LogP contribution >= 0.6 is 0 Å². The van der Waals surface area contributed by atoms with Crippen molar-refractivity contribution in [1.29, 1.82) is 0 Å². The van der Waals surface area contributed by atoms with Gasteiger partial charge in [0.25, 0.3) is 0 Å². The summed E-state index contributed by atoms with van der Waals surface area (Å²) in [4.78, 5) is 0. The van der Waals surface area contributed by atoms with Crippen molar-refractivity contribution in [3.63, 3.8) is 0 Å². The van der Waals surface area contributed by atoms with Crippen molar-refractivity contribution >= 4 is 20.2 Å². The first kappa shape index (κ1) is 30.6. The summed E-state index contributed by atoms with van der Waals surface area (Å²) in [5.41, 5.74) is 0. The third-order valence-corrected chi connectivity index (χ3v) is 0. The van der Waals surface area contributed by atoms with E-state index >= 15 is 0 Å². The Hall–Kier alpha value is 1.95. The van der Waals surface area contributed by atoms with Gasteiger partial charge in [0.2, 0.25) is 0 Å². The molecule has 0 radical (unpaired) electrons. The van der Waals surface area contributed by atoms with Crippen LogP contribution in [0.2, 0.25) is 0 Å². The monoisotopic (exact) mass is 368 g/mol. The summed E-state index contributed by atoms with van der Waals surface area (Å²) >= 11 is 3.24. The van der Waals surface area contributed by atoms with Crippen LogP contribution in [0.1, 0.15) is 0 Å². The fraction of sp³-hybridized carbons (Fsp3) is 0. The third-order valence-electron chi connectivity index (χ3n) is 0. The van der Waals surface area contributed by atoms with Crippen molar-refractivity contribution in [3.8, 4) is 0 Å². The Labute approximate surface area is 95.3 Å². The van der Waals surface area contributed by atoms with Crippen LogP contribution in [-0.4, -0.2) is 24.3 Å². The minimum Gasteiger partial charge on any atom is -0.780 e. The molecule has 0 atom stereocenters. The van der Waals surface area contributed by atoms with Gasteiger partial charge < -0.3 is 20.1 Å². The average molecular weight is 368 g/mol. The van der Waals surface area contributed by atoms with E-state index in [1.165, 1.54) is 0 Å². The molecule has 4 N–H and O–H groups in total. The molecule has 0 saturated heterocycles. The molecule has 0 aliphatic carbocycles. The van der Waals surface area contributed by atoms with Crippen molar-refractivity contribution in [1.82, 2.24) is 0 Å². The van der Waals surface area contributed by atoms with Crippen LogP contribution in [-0.2, 0) is 42.6 Å². The molecule has 0 fully saturated rings. The second-order valence-corrected chi connectivity index (χ2v) is 2.45. The van der Waals surface area contributed by atoms with E-state index in [0.717, 1.165) is 0 Å². The van der Waals surface area contributed by atoms with Gasteiger partial charge in [0.15, 0.2) is 0 Å². The van der Waals surface area contributed by atoms with Crippen molar-refractivity contribution < 1.29 is 76.2 Å². The smallest absolute Gasteiger partial charge is 0.780 e. The van der Waals surface area contributed by atoms with E-state index in [4.69, 9.17) is 13.3 Å². The summed E-state index contributed by atoms with van der Waals surface area (Å²) < 4.78 is 26.7. The van der Waals surface area contributed by atoms with E-state index in [-0.39, 0.29) is 62.9 Å². The van der Waals surface area contributed by atoms with Gasteiger partial charge in [-0.2, -0.15) is 0 Å². The van der Waals surface area contributed by atoms with E-state index in [0.29, 0.717) is 0 Å². The fourth-order valence-electron chi connectivity index (χ4n) is 0. The molecule has 0 saturated carbocycles. The average Bonchev–Trinajstić information content (AvgIpc) is 0.722. The molecule has 58 valence electrons. The number of hydrogen-bond acceptors (Lipinski definition) is 4. The molecule has 0 aromatic carbocycles. The molecule has 0 aromatic heterocycles. The van der Waals surface area contributed by atoms with Crippen LogP contribution in [0.4, 0.5) is 0 Å². The van der Waals surface area contributed by atoms with Gasteiger partial charge in [-0.25, -0.2) is 0 Å². The maximum Gasteiger partial charge on any atom is 1.00 e. The molecule has 0 unspecified atom stereocenters. The minimum absolute atomic E-state index is 0. The van der Waals surface area contributed by atoms with Gasteiger partial charge in [-0.1, -0.05) is 0 Å². The van der Waals surface area contributed by atoms with Gasteiger partial charge >= 0.3 is 51.9 Å². The van der Waals surface area contributed by atoms with Gasteiger partial charge in [-0.05, 0) is 11.2 Å². The first-order valence-corrected chi connectivity index (χ1v) is 3.00. The number of rotatable bonds is 0. The number of hydrogen-bond donors (Lipinski definition) is 0. The van der Waals surface area contributed by atoms with Crippen LogP contribution in [0.15, 0.2) is 0 Å². The van der Waals surface area contributed by atoms with Crippen molar-refractivity contribution in [2.24, 2.45) is 0 Å². The zero-order valence-electron chi connectivity index (χ0n) is 4.34. The maximum atomic E-state index is 8.89. The van der Waals surface area contributed by atoms with Crippen LogP contribution in [0.3, 0.4) is 0 Å². The molecule has 0 aliphatic rings. The predicted octanol–water partition coefficient (Wildman–Crippen LogP) is -5.65. The Morgan fingerprint density at radius 3 is 1.22 bits per heavy atom. The second kappa shape index (κ2) is 12.6. The molecule has 0 aromatic rings. The largest absolute Gasteiger partial charge is 1.00 e. The molecule has 0 spiro atoms. The Bertz CT molecular complexity index is 98.1. The van der Waals surface area contributed by atoms with E-state index in [9.17, 15) is 0 Å². The minimum atomic E-state index is -4.33. The third kappa shape index (κ3) is 165. The van der Waals surface area contributed by atoms with Gasteiger partial charge in [0.05, 0.1) is 0 Å². The Morgan fingerprint density at radius 2 is 1.22 bits per heavy atom. The maximum absolute atomic E-state index is 8.89. The molecule has 9 heteroatoms. The molecule has 9 heavy (non-hydrogen) atoms. The molecule has 0 rings (SSSR count). The molecular weight excluding hydrogens is 364 g/mol. The molecule has 5 nitrogen and oxygen atoms in total. The Morgan fingerprint density at radius 1 is 1.22 bits per heavy atom. The zero-order valence-corrected chi connectivity index (χ0v) is 10.1. The van der Waals surface area contributed by atoms with E-state index in [1.54, 1.807) is 0 Å². The Balaban J connectivity index is -0.0000000133. The summed E-state index contributed by atoms with van der Waals surface area (Å²) in [6.07, 6.45) is 0. The molecule has 0 heterocycles. The summed E-state index contributed by atoms with van der Waals surface area (Å²) in [5, 5.41) is 0. The molecule has 0 bridgehead atoms. The molecular formula is H4AuNaO5S2. The van der Waals surface area contributed by atoms with Gasteiger partial charge in [-0.15, -0.1) is 9.05 Å². The predicted molar refractivity (Wildman–Crippen MR) is 24.3 cm³/mol. The van der Waals surface area contributed by atoms with Crippen molar-refractivity contribution in [2.75, 3.05) is 0 Å². The van der Waals surface area contributed by atoms with Crippen molar-refractivity contribution in [3.05, 3.63) is 0 Å². The fourth-order valence-corrected chi connectivity index (χ4v) is 0. The summed E-state index contributed by atoms with van der Waals surface area (Å²) in [7, 11) is -4.33.